The Hall–Kier alpha value is -3.21. The number of nitrogens with zero attached hydrogens (tertiary/aromatic N) is 4. The highest BCUT2D eigenvalue weighted by Crippen LogP contribution is 2.38. The van der Waals surface area contributed by atoms with Crippen LogP contribution in [0.4, 0.5) is 17.2 Å². The Labute approximate surface area is 164 Å². The summed E-state index contributed by atoms with van der Waals surface area (Å²) in [6.07, 6.45) is 3.35. The highest BCUT2D eigenvalue weighted by molar-refractivity contribution is 6.07. The third kappa shape index (κ3) is 2.58. The Morgan fingerprint density at radius 2 is 1.54 bits per heavy atom. The van der Waals surface area contributed by atoms with E-state index in [1.807, 2.05) is 35.2 Å². The molecule has 3 heterocycles. The van der Waals surface area contributed by atoms with E-state index in [4.69, 9.17) is 0 Å². The number of carbonyl (C=O) groups excluding carboxylic acids is 1. The molecule has 2 aliphatic heterocycles. The van der Waals surface area contributed by atoms with Crippen molar-refractivity contribution < 1.29 is 4.79 Å². The number of fused-ring (bicyclic) bond motifs is 2. The van der Waals surface area contributed by atoms with Gasteiger partial charge in [0.05, 0.1) is 0 Å². The lowest BCUT2D eigenvalue weighted by atomic mass is 10.1. The average molecular weight is 370 g/mol. The number of anilines is 3. The minimum atomic E-state index is -0.0683. The second kappa shape index (κ2) is 6.44. The Bertz CT molecular complexity index is 1060. The van der Waals surface area contributed by atoms with Crippen molar-refractivity contribution in [2.75, 3.05) is 9.80 Å². The maximum atomic E-state index is 13.3. The van der Waals surface area contributed by atoms with Crippen LogP contribution in [0.5, 0.6) is 0 Å². The molecular weight excluding hydrogens is 348 g/mol. The van der Waals surface area contributed by atoms with Gasteiger partial charge >= 0.3 is 0 Å². The van der Waals surface area contributed by atoms with Crippen LogP contribution in [0.3, 0.4) is 0 Å². The molecule has 0 bridgehead atoms. The van der Waals surface area contributed by atoms with Crippen LogP contribution in [0.25, 0.3) is 0 Å². The molecule has 140 valence electrons. The van der Waals surface area contributed by atoms with Crippen molar-refractivity contribution in [1.29, 1.82) is 0 Å². The highest BCUT2D eigenvalue weighted by atomic mass is 16.2. The second-order valence-electron chi connectivity index (χ2n) is 7.67. The van der Waals surface area contributed by atoms with E-state index in [9.17, 15) is 4.79 Å². The van der Waals surface area contributed by atoms with Gasteiger partial charge in [0.2, 0.25) is 0 Å². The largest absolute Gasteiger partial charge is 0.323 e. The molecule has 5 rings (SSSR count). The summed E-state index contributed by atoms with van der Waals surface area (Å²) in [4.78, 5) is 26.2. The van der Waals surface area contributed by atoms with Crippen molar-refractivity contribution in [3.63, 3.8) is 0 Å². The first-order chi connectivity index (χ1) is 13.6. The molecule has 2 unspecified atom stereocenters. The smallest absolute Gasteiger partial charge is 0.277 e. The van der Waals surface area contributed by atoms with E-state index < -0.39 is 0 Å². The van der Waals surface area contributed by atoms with Crippen LogP contribution in [0.2, 0.25) is 0 Å². The first kappa shape index (κ1) is 16.9. The number of carbonyl (C=O) groups is 1. The minimum Gasteiger partial charge on any atom is -0.323 e. The molecule has 2 aliphatic rings. The molecule has 0 saturated heterocycles. The molecule has 0 spiro atoms. The van der Waals surface area contributed by atoms with Gasteiger partial charge in [-0.1, -0.05) is 36.4 Å². The summed E-state index contributed by atoms with van der Waals surface area (Å²) in [5, 5.41) is 0. The molecule has 28 heavy (non-hydrogen) atoms. The third-order valence-electron chi connectivity index (χ3n) is 5.75. The van der Waals surface area contributed by atoms with Crippen molar-refractivity contribution in [3.8, 4) is 0 Å². The summed E-state index contributed by atoms with van der Waals surface area (Å²) in [6, 6.07) is 18.7. The van der Waals surface area contributed by atoms with Gasteiger partial charge in [0.1, 0.15) is 17.8 Å². The van der Waals surface area contributed by atoms with E-state index in [0.717, 1.165) is 30.0 Å². The average Bonchev–Trinajstić information content (AvgIpc) is 3.22. The third-order valence-corrected chi connectivity index (χ3v) is 5.75. The monoisotopic (exact) mass is 370 g/mol. The van der Waals surface area contributed by atoms with Crippen LogP contribution in [0.1, 0.15) is 35.5 Å². The maximum absolute atomic E-state index is 13.3. The lowest BCUT2D eigenvalue weighted by Crippen LogP contribution is -2.36. The molecule has 2 atom stereocenters. The van der Waals surface area contributed by atoms with Crippen LogP contribution in [0.15, 0.2) is 60.9 Å². The van der Waals surface area contributed by atoms with E-state index in [1.165, 1.54) is 17.5 Å². The van der Waals surface area contributed by atoms with E-state index in [0.29, 0.717) is 11.7 Å². The van der Waals surface area contributed by atoms with Gasteiger partial charge in [-0.05, 0) is 49.9 Å². The minimum absolute atomic E-state index is 0.0683. The fourth-order valence-electron chi connectivity index (χ4n) is 4.51. The zero-order valence-corrected chi connectivity index (χ0v) is 16.0. The van der Waals surface area contributed by atoms with Crippen molar-refractivity contribution in [3.05, 3.63) is 77.7 Å². The molecule has 1 aromatic heterocycles. The van der Waals surface area contributed by atoms with Gasteiger partial charge in [0.15, 0.2) is 0 Å². The van der Waals surface area contributed by atoms with Gasteiger partial charge in [-0.2, -0.15) is 0 Å². The fraction of sp³-hybridized carbons (Fsp3) is 0.261. The van der Waals surface area contributed by atoms with Gasteiger partial charge in [0, 0.05) is 29.5 Å². The van der Waals surface area contributed by atoms with Gasteiger partial charge in [-0.15, -0.1) is 0 Å². The van der Waals surface area contributed by atoms with E-state index in [1.54, 1.807) is 0 Å². The van der Waals surface area contributed by atoms with Crippen molar-refractivity contribution in [1.82, 2.24) is 9.97 Å². The molecule has 0 aliphatic carbocycles. The number of hydrogen-bond acceptors (Lipinski definition) is 4. The normalized spacial score (nSPS) is 20.2. The molecule has 5 heteroatoms. The molecule has 5 nitrogen and oxygen atoms in total. The van der Waals surface area contributed by atoms with Gasteiger partial charge < -0.3 is 9.80 Å². The molecule has 1 amide bonds. The van der Waals surface area contributed by atoms with Gasteiger partial charge in [-0.3, -0.25) is 4.79 Å². The SMILES string of the molecule is CC1Cc2ccccc2N1C(=O)c1cc(N2c3ccccc3CC2C)ncn1. The summed E-state index contributed by atoms with van der Waals surface area (Å²) >= 11 is 0. The molecule has 0 N–H and O–H groups in total. The molecule has 3 aromatic rings. The van der Waals surface area contributed by atoms with Crippen LogP contribution in [-0.4, -0.2) is 28.0 Å². The Morgan fingerprint density at radius 1 is 0.893 bits per heavy atom. The molecular formula is C23H22N4O. The number of hydrogen-bond donors (Lipinski definition) is 0. The quantitative estimate of drug-likeness (QED) is 0.680. The Morgan fingerprint density at radius 3 is 2.32 bits per heavy atom. The predicted octanol–water partition coefficient (Wildman–Crippen LogP) is 4.15. The summed E-state index contributed by atoms with van der Waals surface area (Å²) in [5.41, 5.74) is 5.10. The summed E-state index contributed by atoms with van der Waals surface area (Å²) < 4.78 is 0. The van der Waals surface area contributed by atoms with E-state index in [-0.39, 0.29) is 11.9 Å². The van der Waals surface area contributed by atoms with Gasteiger partial charge in [-0.25, -0.2) is 9.97 Å². The summed E-state index contributed by atoms with van der Waals surface area (Å²) in [5.74, 6) is 0.706. The number of rotatable bonds is 2. The first-order valence-electron chi connectivity index (χ1n) is 9.74. The number of para-hydroxylation sites is 2. The Balaban J connectivity index is 1.51. The van der Waals surface area contributed by atoms with Crippen molar-refractivity contribution >= 4 is 23.1 Å². The van der Waals surface area contributed by atoms with Crippen LogP contribution in [-0.2, 0) is 12.8 Å². The summed E-state index contributed by atoms with van der Waals surface area (Å²) in [7, 11) is 0. The van der Waals surface area contributed by atoms with Crippen LogP contribution >= 0.6 is 0 Å². The van der Waals surface area contributed by atoms with Crippen LogP contribution < -0.4 is 9.80 Å². The number of aromatic nitrogens is 2. The second-order valence-corrected chi connectivity index (χ2v) is 7.67. The molecule has 2 aromatic carbocycles. The fourth-order valence-corrected chi connectivity index (χ4v) is 4.51. The highest BCUT2D eigenvalue weighted by Gasteiger charge is 2.33. The van der Waals surface area contributed by atoms with E-state index in [2.05, 4.69) is 53.0 Å². The zero-order chi connectivity index (χ0) is 19.3. The van der Waals surface area contributed by atoms with Crippen molar-refractivity contribution in [2.24, 2.45) is 0 Å². The number of benzene rings is 2. The first-order valence-corrected chi connectivity index (χ1v) is 9.74. The Kier molecular flexibility index (Phi) is 3.90. The van der Waals surface area contributed by atoms with E-state index >= 15 is 0 Å². The maximum Gasteiger partial charge on any atom is 0.277 e. The zero-order valence-electron chi connectivity index (χ0n) is 16.0. The number of amides is 1. The molecule has 0 fully saturated rings. The van der Waals surface area contributed by atoms with Crippen LogP contribution in [0, 0.1) is 0 Å². The topological polar surface area (TPSA) is 49.3 Å². The van der Waals surface area contributed by atoms with Gasteiger partial charge in [0.25, 0.3) is 5.91 Å². The predicted molar refractivity (Wildman–Crippen MR) is 110 cm³/mol. The molecule has 0 radical (unpaired) electrons. The summed E-state index contributed by atoms with van der Waals surface area (Å²) in [6.45, 7) is 4.27. The lowest BCUT2D eigenvalue weighted by molar-refractivity contribution is 0.0976. The molecule has 0 saturated carbocycles. The van der Waals surface area contributed by atoms with Crippen molar-refractivity contribution in [2.45, 2.75) is 38.8 Å². The standard InChI is InChI=1S/C23H22N4O/c1-15-11-17-7-3-5-9-20(17)26(15)22-13-19(24-14-25-22)23(28)27-16(2)12-18-8-4-6-10-21(18)27/h3-10,13-16H,11-12H2,1-2H3. The lowest BCUT2D eigenvalue weighted by Gasteiger charge is -2.25.